The summed E-state index contributed by atoms with van der Waals surface area (Å²) in [4.78, 5) is 29.7. The SMILES string of the molecule is CCc1ncc(C(=O)N2CC[C@](C)(C(=O)O)C2)s1. The number of aromatic nitrogens is 1. The Morgan fingerprint density at radius 1 is 1.61 bits per heavy atom. The van der Waals surface area contributed by atoms with Gasteiger partial charge in [0.1, 0.15) is 4.88 Å². The minimum absolute atomic E-state index is 0.0998. The van der Waals surface area contributed by atoms with E-state index in [4.69, 9.17) is 5.11 Å². The summed E-state index contributed by atoms with van der Waals surface area (Å²) in [6, 6.07) is 0. The lowest BCUT2D eigenvalue weighted by molar-refractivity contribution is -0.147. The summed E-state index contributed by atoms with van der Waals surface area (Å²) in [5.74, 6) is -0.937. The van der Waals surface area contributed by atoms with E-state index in [2.05, 4.69) is 4.98 Å². The van der Waals surface area contributed by atoms with Crippen LogP contribution in [0.4, 0.5) is 0 Å². The number of amides is 1. The normalized spacial score (nSPS) is 23.3. The maximum Gasteiger partial charge on any atom is 0.311 e. The van der Waals surface area contributed by atoms with Crippen LogP contribution in [0.15, 0.2) is 6.20 Å². The number of carbonyl (C=O) groups is 2. The molecule has 0 radical (unpaired) electrons. The van der Waals surface area contributed by atoms with Crippen molar-refractivity contribution in [3.05, 3.63) is 16.1 Å². The first-order valence-corrected chi connectivity index (χ1v) is 6.75. The number of nitrogens with zero attached hydrogens (tertiary/aromatic N) is 2. The van der Waals surface area contributed by atoms with Gasteiger partial charge >= 0.3 is 5.97 Å². The van der Waals surface area contributed by atoms with E-state index >= 15 is 0 Å². The average Bonchev–Trinajstić information content (AvgIpc) is 2.95. The molecule has 1 saturated heterocycles. The Hall–Kier alpha value is -1.43. The highest BCUT2D eigenvalue weighted by Gasteiger charge is 2.42. The quantitative estimate of drug-likeness (QED) is 0.904. The minimum Gasteiger partial charge on any atom is -0.481 e. The van der Waals surface area contributed by atoms with Crippen molar-refractivity contribution in [3.8, 4) is 0 Å². The molecule has 98 valence electrons. The maximum absolute atomic E-state index is 12.2. The number of likely N-dealkylation sites (tertiary alicyclic amines) is 1. The first-order valence-electron chi connectivity index (χ1n) is 5.93. The van der Waals surface area contributed by atoms with Crippen LogP contribution in [0.5, 0.6) is 0 Å². The molecule has 1 aromatic rings. The predicted octanol–water partition coefficient (Wildman–Crippen LogP) is 1.64. The Bertz CT molecular complexity index is 485. The lowest BCUT2D eigenvalue weighted by Crippen LogP contribution is -2.34. The van der Waals surface area contributed by atoms with Crippen molar-refractivity contribution in [3.63, 3.8) is 0 Å². The Morgan fingerprint density at radius 2 is 2.33 bits per heavy atom. The van der Waals surface area contributed by atoms with E-state index in [0.717, 1.165) is 11.4 Å². The lowest BCUT2D eigenvalue weighted by atomic mass is 9.90. The maximum atomic E-state index is 12.2. The standard InChI is InChI=1S/C12H16N2O3S/c1-3-9-13-6-8(18-9)10(15)14-5-4-12(2,7-14)11(16)17/h6H,3-5,7H2,1-2H3,(H,16,17)/t12-/m0/s1. The van der Waals surface area contributed by atoms with Gasteiger partial charge in [-0.25, -0.2) is 4.98 Å². The zero-order valence-electron chi connectivity index (χ0n) is 10.5. The molecule has 1 N–H and O–H groups in total. The first-order chi connectivity index (χ1) is 8.46. The monoisotopic (exact) mass is 268 g/mol. The van der Waals surface area contributed by atoms with Gasteiger partial charge in [0.25, 0.3) is 5.91 Å². The fourth-order valence-electron chi connectivity index (χ4n) is 2.04. The fourth-order valence-corrected chi connectivity index (χ4v) is 2.86. The smallest absolute Gasteiger partial charge is 0.311 e. The highest BCUT2D eigenvalue weighted by atomic mass is 32.1. The molecule has 0 saturated carbocycles. The number of rotatable bonds is 3. The van der Waals surface area contributed by atoms with E-state index in [-0.39, 0.29) is 12.5 Å². The molecule has 1 fully saturated rings. The van der Waals surface area contributed by atoms with Crippen LogP contribution in [0.2, 0.25) is 0 Å². The molecule has 0 aromatic carbocycles. The number of aliphatic carboxylic acids is 1. The number of carboxylic acid groups (broad SMARTS) is 1. The summed E-state index contributed by atoms with van der Waals surface area (Å²) in [7, 11) is 0. The fraction of sp³-hybridized carbons (Fsp3) is 0.583. The van der Waals surface area contributed by atoms with Crippen molar-refractivity contribution in [2.24, 2.45) is 5.41 Å². The average molecular weight is 268 g/mol. The van der Waals surface area contributed by atoms with Crippen molar-refractivity contribution in [2.45, 2.75) is 26.7 Å². The summed E-state index contributed by atoms with van der Waals surface area (Å²) in [5, 5.41) is 10.1. The Morgan fingerprint density at radius 3 is 2.83 bits per heavy atom. The third-order valence-corrected chi connectivity index (χ3v) is 4.47. The van der Waals surface area contributed by atoms with Gasteiger partial charge in [0.2, 0.25) is 0 Å². The molecule has 6 heteroatoms. The van der Waals surface area contributed by atoms with Gasteiger partial charge in [-0.15, -0.1) is 11.3 Å². The van der Waals surface area contributed by atoms with Crippen molar-refractivity contribution < 1.29 is 14.7 Å². The molecule has 0 aliphatic carbocycles. The molecule has 0 spiro atoms. The summed E-state index contributed by atoms with van der Waals surface area (Å²) in [6.07, 6.45) is 2.90. The second-order valence-corrected chi connectivity index (χ2v) is 5.93. The number of carbonyl (C=O) groups excluding carboxylic acids is 1. The highest BCUT2D eigenvalue weighted by Crippen LogP contribution is 2.31. The van der Waals surface area contributed by atoms with E-state index in [9.17, 15) is 9.59 Å². The van der Waals surface area contributed by atoms with Crippen LogP contribution in [0.1, 0.15) is 34.9 Å². The molecule has 5 nitrogen and oxygen atoms in total. The van der Waals surface area contributed by atoms with Crippen molar-refractivity contribution >= 4 is 23.2 Å². The molecule has 1 aliphatic rings. The van der Waals surface area contributed by atoms with Gasteiger partial charge in [0, 0.05) is 13.1 Å². The van der Waals surface area contributed by atoms with Gasteiger partial charge in [-0.2, -0.15) is 0 Å². The molecule has 1 aromatic heterocycles. The molecule has 1 amide bonds. The van der Waals surface area contributed by atoms with Crippen LogP contribution < -0.4 is 0 Å². The molecule has 2 rings (SSSR count). The molecule has 18 heavy (non-hydrogen) atoms. The predicted molar refractivity (Wildman–Crippen MR) is 67.8 cm³/mol. The number of aryl methyl sites for hydroxylation is 1. The van der Waals surface area contributed by atoms with Crippen LogP contribution in [0, 0.1) is 5.41 Å². The van der Waals surface area contributed by atoms with E-state index < -0.39 is 11.4 Å². The van der Waals surface area contributed by atoms with Crippen LogP contribution in [-0.4, -0.2) is 40.0 Å². The van der Waals surface area contributed by atoms with Gasteiger partial charge in [-0.3, -0.25) is 9.59 Å². The number of carboxylic acids is 1. The Labute approximate surface area is 109 Å². The minimum atomic E-state index is -0.837. The third-order valence-electron chi connectivity index (χ3n) is 3.34. The van der Waals surface area contributed by atoms with Gasteiger partial charge in [0.15, 0.2) is 0 Å². The van der Waals surface area contributed by atoms with E-state index in [1.165, 1.54) is 11.3 Å². The highest BCUT2D eigenvalue weighted by molar-refractivity contribution is 7.13. The Kier molecular flexibility index (Phi) is 3.38. The van der Waals surface area contributed by atoms with Crippen LogP contribution in [0.25, 0.3) is 0 Å². The van der Waals surface area contributed by atoms with Crippen molar-refractivity contribution in [1.29, 1.82) is 0 Å². The molecular weight excluding hydrogens is 252 g/mol. The van der Waals surface area contributed by atoms with Gasteiger partial charge in [-0.1, -0.05) is 6.92 Å². The molecule has 0 unspecified atom stereocenters. The van der Waals surface area contributed by atoms with Crippen molar-refractivity contribution in [2.75, 3.05) is 13.1 Å². The number of hydrogen-bond donors (Lipinski definition) is 1. The van der Waals surface area contributed by atoms with Crippen LogP contribution in [0.3, 0.4) is 0 Å². The number of thiazole rings is 1. The van der Waals surface area contributed by atoms with E-state index in [0.29, 0.717) is 17.8 Å². The van der Waals surface area contributed by atoms with Crippen LogP contribution >= 0.6 is 11.3 Å². The second kappa shape index (κ2) is 4.68. The molecule has 1 aliphatic heterocycles. The molecule has 1 atom stereocenters. The summed E-state index contributed by atoms with van der Waals surface area (Å²) >= 11 is 1.39. The summed E-state index contributed by atoms with van der Waals surface area (Å²) in [6.45, 7) is 4.46. The lowest BCUT2D eigenvalue weighted by Gasteiger charge is -2.19. The number of hydrogen-bond acceptors (Lipinski definition) is 4. The van der Waals surface area contributed by atoms with E-state index in [1.807, 2.05) is 6.92 Å². The first kappa shape index (κ1) is 13.0. The summed E-state index contributed by atoms with van der Waals surface area (Å²) in [5.41, 5.74) is -0.812. The van der Waals surface area contributed by atoms with Gasteiger partial charge in [-0.05, 0) is 19.8 Å². The van der Waals surface area contributed by atoms with Crippen LogP contribution in [-0.2, 0) is 11.2 Å². The molecular formula is C12H16N2O3S. The molecule has 2 heterocycles. The largest absolute Gasteiger partial charge is 0.481 e. The van der Waals surface area contributed by atoms with E-state index in [1.54, 1.807) is 18.0 Å². The second-order valence-electron chi connectivity index (χ2n) is 4.81. The van der Waals surface area contributed by atoms with Crippen molar-refractivity contribution in [1.82, 2.24) is 9.88 Å². The van der Waals surface area contributed by atoms with Gasteiger partial charge in [0.05, 0.1) is 16.6 Å². The zero-order chi connectivity index (χ0) is 13.3. The third kappa shape index (κ3) is 2.25. The summed E-state index contributed by atoms with van der Waals surface area (Å²) < 4.78 is 0. The Balaban J connectivity index is 2.10. The molecule has 0 bridgehead atoms. The van der Waals surface area contributed by atoms with Gasteiger partial charge < -0.3 is 10.0 Å². The zero-order valence-corrected chi connectivity index (χ0v) is 11.3. The topological polar surface area (TPSA) is 70.5 Å².